The molecule has 0 aliphatic heterocycles. The molecule has 0 spiro atoms. The molecule has 96 valence electrons. The first-order valence-electron chi connectivity index (χ1n) is 7.12. The van der Waals surface area contributed by atoms with Crippen LogP contribution >= 0.6 is 0 Å². The molecule has 1 aromatic carbocycles. The molecular formula is C15H21N3. The second-order valence-corrected chi connectivity index (χ2v) is 5.32. The standard InChI is InChI=1S/C15H21N3/c1-2-4-7-12(8-5-3-1)17-14-9-6-10-15-13(14)11-16-18-15/h6,9-12,17H,1-5,7-8H2,(H,16,18). The monoisotopic (exact) mass is 243 g/mol. The van der Waals surface area contributed by atoms with E-state index in [2.05, 4.69) is 33.7 Å². The molecule has 1 heterocycles. The fourth-order valence-corrected chi connectivity index (χ4v) is 2.91. The molecule has 3 nitrogen and oxygen atoms in total. The number of rotatable bonds is 2. The normalized spacial score (nSPS) is 18.4. The van der Waals surface area contributed by atoms with E-state index in [0.717, 1.165) is 5.52 Å². The first kappa shape index (κ1) is 11.6. The van der Waals surface area contributed by atoms with Crippen LogP contribution in [0.2, 0.25) is 0 Å². The van der Waals surface area contributed by atoms with Crippen LogP contribution in [0, 0.1) is 0 Å². The van der Waals surface area contributed by atoms with E-state index in [1.54, 1.807) is 0 Å². The Hall–Kier alpha value is -1.51. The van der Waals surface area contributed by atoms with E-state index in [0.29, 0.717) is 6.04 Å². The van der Waals surface area contributed by atoms with Gasteiger partial charge in [0.15, 0.2) is 0 Å². The molecule has 1 aliphatic rings. The molecule has 2 N–H and O–H groups in total. The lowest BCUT2D eigenvalue weighted by Crippen LogP contribution is -2.20. The average molecular weight is 243 g/mol. The number of anilines is 1. The van der Waals surface area contributed by atoms with Crippen molar-refractivity contribution in [2.45, 2.75) is 51.0 Å². The molecule has 18 heavy (non-hydrogen) atoms. The van der Waals surface area contributed by atoms with Gasteiger partial charge in [0.05, 0.1) is 11.7 Å². The number of H-pyrrole nitrogens is 1. The number of benzene rings is 1. The van der Waals surface area contributed by atoms with E-state index >= 15 is 0 Å². The van der Waals surface area contributed by atoms with Crippen molar-refractivity contribution < 1.29 is 0 Å². The minimum absolute atomic E-state index is 0.630. The molecule has 2 aromatic rings. The average Bonchev–Trinajstić information content (AvgIpc) is 2.81. The van der Waals surface area contributed by atoms with Crippen LogP contribution in [0.5, 0.6) is 0 Å². The van der Waals surface area contributed by atoms with Gasteiger partial charge >= 0.3 is 0 Å². The number of hydrogen-bond donors (Lipinski definition) is 2. The molecule has 3 rings (SSSR count). The van der Waals surface area contributed by atoms with Crippen molar-refractivity contribution in [1.29, 1.82) is 0 Å². The highest BCUT2D eigenvalue weighted by molar-refractivity contribution is 5.90. The van der Waals surface area contributed by atoms with E-state index in [1.807, 2.05) is 6.20 Å². The smallest absolute Gasteiger partial charge is 0.0671 e. The van der Waals surface area contributed by atoms with Crippen LogP contribution in [0.1, 0.15) is 44.9 Å². The molecule has 0 bridgehead atoms. The molecule has 3 heteroatoms. The molecule has 1 aromatic heterocycles. The van der Waals surface area contributed by atoms with Gasteiger partial charge in [0.2, 0.25) is 0 Å². The Labute approximate surface area is 108 Å². The van der Waals surface area contributed by atoms with Crippen molar-refractivity contribution in [3.63, 3.8) is 0 Å². The third-order valence-electron chi connectivity index (χ3n) is 3.95. The van der Waals surface area contributed by atoms with Crippen LogP contribution in [-0.2, 0) is 0 Å². The van der Waals surface area contributed by atoms with E-state index in [9.17, 15) is 0 Å². The highest BCUT2D eigenvalue weighted by Gasteiger charge is 2.12. The maximum Gasteiger partial charge on any atom is 0.0671 e. The van der Waals surface area contributed by atoms with Gasteiger partial charge in [-0.25, -0.2) is 0 Å². The van der Waals surface area contributed by atoms with Crippen LogP contribution in [0.4, 0.5) is 5.69 Å². The van der Waals surface area contributed by atoms with Gasteiger partial charge in [-0.2, -0.15) is 5.10 Å². The van der Waals surface area contributed by atoms with Crippen LogP contribution in [-0.4, -0.2) is 16.2 Å². The number of aromatic nitrogens is 2. The Morgan fingerprint density at radius 2 is 1.83 bits per heavy atom. The van der Waals surface area contributed by atoms with Crippen LogP contribution in [0.3, 0.4) is 0 Å². The molecule has 0 saturated heterocycles. The van der Waals surface area contributed by atoms with Gasteiger partial charge in [-0.15, -0.1) is 0 Å². The van der Waals surface area contributed by atoms with Crippen molar-refractivity contribution in [3.05, 3.63) is 24.4 Å². The van der Waals surface area contributed by atoms with E-state index < -0.39 is 0 Å². The molecule has 0 atom stereocenters. The van der Waals surface area contributed by atoms with E-state index in [1.165, 1.54) is 56.0 Å². The van der Waals surface area contributed by atoms with Crippen molar-refractivity contribution in [3.8, 4) is 0 Å². The summed E-state index contributed by atoms with van der Waals surface area (Å²) >= 11 is 0. The third kappa shape index (κ3) is 2.50. The summed E-state index contributed by atoms with van der Waals surface area (Å²) in [7, 11) is 0. The van der Waals surface area contributed by atoms with Crippen molar-refractivity contribution >= 4 is 16.6 Å². The second-order valence-electron chi connectivity index (χ2n) is 5.32. The van der Waals surface area contributed by atoms with Crippen LogP contribution in [0.15, 0.2) is 24.4 Å². The predicted octanol–water partition coefficient (Wildman–Crippen LogP) is 4.09. The van der Waals surface area contributed by atoms with Crippen LogP contribution < -0.4 is 5.32 Å². The highest BCUT2D eigenvalue weighted by atomic mass is 15.1. The number of fused-ring (bicyclic) bond motifs is 1. The molecule has 1 fully saturated rings. The zero-order chi connectivity index (χ0) is 12.2. The summed E-state index contributed by atoms with van der Waals surface area (Å²) in [5, 5.41) is 12.1. The van der Waals surface area contributed by atoms with Gasteiger partial charge in [0.25, 0.3) is 0 Å². The van der Waals surface area contributed by atoms with Gasteiger partial charge in [-0.05, 0) is 25.0 Å². The summed E-state index contributed by atoms with van der Waals surface area (Å²) in [6.07, 6.45) is 11.5. The number of nitrogens with zero attached hydrogens (tertiary/aromatic N) is 1. The predicted molar refractivity (Wildman–Crippen MR) is 75.8 cm³/mol. The summed E-state index contributed by atoms with van der Waals surface area (Å²) in [5.74, 6) is 0. The van der Waals surface area contributed by atoms with Crippen molar-refractivity contribution in [1.82, 2.24) is 10.2 Å². The number of aromatic amines is 1. The summed E-state index contributed by atoms with van der Waals surface area (Å²) in [5.41, 5.74) is 2.35. The van der Waals surface area contributed by atoms with Crippen molar-refractivity contribution in [2.24, 2.45) is 0 Å². The summed E-state index contributed by atoms with van der Waals surface area (Å²) in [6.45, 7) is 0. The van der Waals surface area contributed by atoms with Gasteiger partial charge < -0.3 is 5.32 Å². The molecular weight excluding hydrogens is 222 g/mol. The Balaban J connectivity index is 1.76. The molecule has 0 amide bonds. The maximum atomic E-state index is 4.12. The Morgan fingerprint density at radius 3 is 2.67 bits per heavy atom. The Bertz CT molecular complexity index is 495. The SMILES string of the molecule is c1cc(NC2CCCCCCC2)c2cn[nH]c2c1. The zero-order valence-corrected chi connectivity index (χ0v) is 10.8. The lowest BCUT2D eigenvalue weighted by molar-refractivity contribution is 0.471. The second kappa shape index (κ2) is 5.42. The summed E-state index contributed by atoms with van der Waals surface area (Å²) in [6, 6.07) is 6.96. The summed E-state index contributed by atoms with van der Waals surface area (Å²) < 4.78 is 0. The lowest BCUT2D eigenvalue weighted by Gasteiger charge is -2.22. The fraction of sp³-hybridized carbons (Fsp3) is 0.533. The maximum absolute atomic E-state index is 4.12. The number of hydrogen-bond acceptors (Lipinski definition) is 2. The minimum Gasteiger partial charge on any atom is -0.382 e. The zero-order valence-electron chi connectivity index (χ0n) is 10.8. The first-order chi connectivity index (χ1) is 8.93. The Kier molecular flexibility index (Phi) is 3.49. The molecule has 1 aliphatic carbocycles. The minimum atomic E-state index is 0.630. The molecule has 0 unspecified atom stereocenters. The quantitative estimate of drug-likeness (QED) is 0.834. The van der Waals surface area contributed by atoms with Gasteiger partial charge in [0.1, 0.15) is 0 Å². The number of nitrogens with one attached hydrogen (secondary N) is 2. The topological polar surface area (TPSA) is 40.7 Å². The molecule has 0 radical (unpaired) electrons. The van der Waals surface area contributed by atoms with E-state index in [-0.39, 0.29) is 0 Å². The van der Waals surface area contributed by atoms with Gasteiger partial charge in [-0.1, -0.05) is 38.2 Å². The molecule has 1 saturated carbocycles. The van der Waals surface area contributed by atoms with Gasteiger partial charge in [-0.3, -0.25) is 5.10 Å². The van der Waals surface area contributed by atoms with Crippen molar-refractivity contribution in [2.75, 3.05) is 5.32 Å². The van der Waals surface area contributed by atoms with Gasteiger partial charge in [0, 0.05) is 17.1 Å². The van der Waals surface area contributed by atoms with Crippen LogP contribution in [0.25, 0.3) is 10.9 Å². The van der Waals surface area contributed by atoms with E-state index in [4.69, 9.17) is 0 Å². The summed E-state index contributed by atoms with van der Waals surface area (Å²) in [4.78, 5) is 0. The third-order valence-corrected chi connectivity index (χ3v) is 3.95. The highest BCUT2D eigenvalue weighted by Crippen LogP contribution is 2.25. The largest absolute Gasteiger partial charge is 0.382 e. The first-order valence-corrected chi connectivity index (χ1v) is 7.12. The fourth-order valence-electron chi connectivity index (χ4n) is 2.91. The lowest BCUT2D eigenvalue weighted by atomic mass is 9.96. The Morgan fingerprint density at radius 1 is 1.06 bits per heavy atom.